The van der Waals surface area contributed by atoms with Gasteiger partial charge in [0.25, 0.3) is 11.5 Å². The molecule has 2 heterocycles. The summed E-state index contributed by atoms with van der Waals surface area (Å²) in [6, 6.07) is 30.6. The van der Waals surface area contributed by atoms with Gasteiger partial charge in [0.15, 0.2) is 6.10 Å². The number of aryl methyl sites for hydroxylation is 1. The van der Waals surface area contributed by atoms with Gasteiger partial charge in [0.05, 0.1) is 0 Å². The second-order valence-electron chi connectivity index (χ2n) is 10.3. The number of fused-ring (bicyclic) bond motifs is 4. The highest BCUT2D eigenvalue weighted by molar-refractivity contribution is 6.10. The Hall–Kier alpha value is -5.17. The number of rotatable bonds is 7. The predicted octanol–water partition coefficient (Wildman–Crippen LogP) is 6.91. The van der Waals surface area contributed by atoms with Gasteiger partial charge in [0, 0.05) is 52.0 Å². The molecule has 0 bridgehead atoms. The number of esters is 1. The summed E-state index contributed by atoms with van der Waals surface area (Å²) < 4.78 is 9.39. The van der Waals surface area contributed by atoms with Crippen molar-refractivity contribution in [3.05, 3.63) is 113 Å². The van der Waals surface area contributed by atoms with E-state index in [1.54, 1.807) is 26.1 Å². The summed E-state index contributed by atoms with van der Waals surface area (Å²) in [6.07, 6.45) is -0.799. The summed E-state index contributed by atoms with van der Waals surface area (Å²) in [5, 5.41) is 6.23. The van der Waals surface area contributed by atoms with Gasteiger partial charge in [0.1, 0.15) is 5.69 Å². The lowest BCUT2D eigenvalue weighted by atomic mass is 9.97. The largest absolute Gasteiger partial charge is 0.448 e. The van der Waals surface area contributed by atoms with Crippen molar-refractivity contribution in [3.8, 4) is 11.1 Å². The van der Waals surface area contributed by atoms with Crippen molar-refractivity contribution >= 4 is 50.1 Å². The average Bonchev–Trinajstić information content (AvgIpc) is 3.34. The number of nitrogens with zero attached hydrogens (tertiary/aromatic N) is 2. The third kappa shape index (κ3) is 4.53. The Balaban J connectivity index is 1.34. The van der Waals surface area contributed by atoms with Crippen LogP contribution in [0.4, 0.5) is 5.69 Å². The molecule has 1 unspecified atom stereocenters. The maximum atomic E-state index is 13.8. The van der Waals surface area contributed by atoms with E-state index in [0.717, 1.165) is 33.9 Å². The summed E-state index contributed by atoms with van der Waals surface area (Å²) in [4.78, 5) is 40.5. The van der Waals surface area contributed by atoms with Gasteiger partial charge in [0.2, 0.25) is 0 Å². The van der Waals surface area contributed by atoms with Crippen molar-refractivity contribution in [1.82, 2.24) is 9.13 Å². The number of hydrogen-bond donors (Lipinski definition) is 1. The minimum atomic E-state index is -1.06. The van der Waals surface area contributed by atoms with Crippen LogP contribution in [0.1, 0.15) is 30.8 Å². The third-order valence-electron chi connectivity index (χ3n) is 7.83. The molecule has 0 aliphatic carbocycles. The molecule has 1 amide bonds. The molecule has 210 valence electrons. The Morgan fingerprint density at radius 2 is 1.43 bits per heavy atom. The first kappa shape index (κ1) is 27.0. The van der Waals surface area contributed by atoms with Crippen molar-refractivity contribution in [2.75, 3.05) is 5.32 Å². The molecule has 0 aliphatic heterocycles. The molecule has 0 radical (unpaired) electrons. The fourth-order valence-corrected chi connectivity index (χ4v) is 5.80. The van der Waals surface area contributed by atoms with Crippen LogP contribution in [0, 0.1) is 0 Å². The van der Waals surface area contributed by atoms with E-state index in [9.17, 15) is 14.4 Å². The number of pyridine rings is 1. The molecule has 1 N–H and O–H groups in total. The first-order valence-corrected chi connectivity index (χ1v) is 14.1. The second-order valence-corrected chi connectivity index (χ2v) is 10.3. The highest BCUT2D eigenvalue weighted by Crippen LogP contribution is 2.32. The van der Waals surface area contributed by atoms with Crippen LogP contribution in [0.15, 0.2) is 102 Å². The molecule has 1 atom stereocenters. The van der Waals surface area contributed by atoms with Crippen LogP contribution in [-0.2, 0) is 23.1 Å². The third-order valence-corrected chi connectivity index (χ3v) is 7.83. The first-order valence-electron chi connectivity index (χ1n) is 14.1. The molecule has 4 aromatic carbocycles. The second kappa shape index (κ2) is 11.0. The van der Waals surface area contributed by atoms with Crippen molar-refractivity contribution < 1.29 is 14.3 Å². The molecule has 7 heteroatoms. The monoisotopic (exact) mass is 557 g/mol. The van der Waals surface area contributed by atoms with E-state index in [0.29, 0.717) is 22.0 Å². The summed E-state index contributed by atoms with van der Waals surface area (Å²) in [6.45, 7) is 4.72. The molecule has 0 saturated carbocycles. The molecule has 0 aliphatic rings. The molecule has 6 aromatic rings. The van der Waals surface area contributed by atoms with E-state index in [4.69, 9.17) is 4.74 Å². The minimum Gasteiger partial charge on any atom is -0.448 e. The number of hydrogen-bond acceptors (Lipinski definition) is 4. The molecule has 0 saturated heterocycles. The highest BCUT2D eigenvalue weighted by Gasteiger charge is 2.28. The van der Waals surface area contributed by atoms with Gasteiger partial charge >= 0.3 is 5.97 Å². The maximum Gasteiger partial charge on any atom is 0.356 e. The number of benzene rings is 4. The van der Waals surface area contributed by atoms with Crippen molar-refractivity contribution in [2.45, 2.75) is 32.9 Å². The van der Waals surface area contributed by atoms with E-state index >= 15 is 0 Å². The van der Waals surface area contributed by atoms with Gasteiger partial charge in [-0.1, -0.05) is 73.7 Å². The van der Waals surface area contributed by atoms with Gasteiger partial charge < -0.3 is 19.2 Å². The smallest absolute Gasteiger partial charge is 0.356 e. The Bertz CT molecular complexity index is 2040. The molecule has 0 fully saturated rings. The summed E-state index contributed by atoms with van der Waals surface area (Å²) in [5.74, 6) is -1.17. The van der Waals surface area contributed by atoms with Crippen LogP contribution < -0.4 is 10.9 Å². The number of nitrogens with one attached hydrogen (secondary N) is 1. The maximum absolute atomic E-state index is 13.8. The molecular formula is C35H31N3O4. The lowest BCUT2D eigenvalue weighted by Gasteiger charge is -2.20. The average molecular weight is 558 g/mol. The molecule has 6 rings (SSSR count). The van der Waals surface area contributed by atoms with Crippen molar-refractivity contribution in [3.63, 3.8) is 0 Å². The molecule has 0 spiro atoms. The van der Waals surface area contributed by atoms with Gasteiger partial charge in [-0.3, -0.25) is 9.59 Å². The fourth-order valence-electron chi connectivity index (χ4n) is 5.80. The van der Waals surface area contributed by atoms with Gasteiger partial charge in [-0.2, -0.15) is 0 Å². The van der Waals surface area contributed by atoms with Crippen LogP contribution in [0.25, 0.3) is 43.7 Å². The standard InChI is InChI=1S/C35H31N3O4/c1-4-30(33(39)36-23-19-20-29-27(21-23)24-15-11-12-18-28(24)38(29)5-2)42-35(41)32-31(22-13-7-6-8-14-22)25-16-9-10-17-26(25)34(40)37(32)3/h6-21,30H,4-5H2,1-3H3,(H,36,39). The zero-order valence-corrected chi connectivity index (χ0v) is 23.8. The van der Waals surface area contributed by atoms with Crippen LogP contribution in [0.2, 0.25) is 0 Å². The number of carbonyl (C=O) groups excluding carboxylic acids is 2. The topological polar surface area (TPSA) is 82.3 Å². The molecule has 42 heavy (non-hydrogen) atoms. The summed E-state index contributed by atoms with van der Waals surface area (Å²) >= 11 is 0. The molecule has 2 aromatic heterocycles. The predicted molar refractivity (Wildman–Crippen MR) is 168 cm³/mol. The van der Waals surface area contributed by atoms with Gasteiger partial charge in [-0.15, -0.1) is 0 Å². The Morgan fingerprint density at radius 1 is 0.786 bits per heavy atom. The van der Waals surface area contributed by atoms with Crippen LogP contribution >= 0.6 is 0 Å². The molecule has 7 nitrogen and oxygen atoms in total. The zero-order valence-electron chi connectivity index (χ0n) is 23.8. The lowest BCUT2D eigenvalue weighted by Crippen LogP contribution is -2.34. The van der Waals surface area contributed by atoms with Crippen molar-refractivity contribution in [1.29, 1.82) is 0 Å². The minimum absolute atomic E-state index is 0.102. The number of aromatic nitrogens is 2. The normalized spacial score (nSPS) is 12.1. The lowest BCUT2D eigenvalue weighted by molar-refractivity contribution is -0.124. The quantitative estimate of drug-likeness (QED) is 0.216. The summed E-state index contributed by atoms with van der Waals surface area (Å²) in [7, 11) is 1.56. The number of ether oxygens (including phenoxy) is 1. The van der Waals surface area contributed by atoms with Crippen LogP contribution in [-0.4, -0.2) is 27.1 Å². The van der Waals surface area contributed by atoms with E-state index in [2.05, 4.69) is 28.9 Å². The van der Waals surface area contributed by atoms with Gasteiger partial charge in [-0.05, 0) is 54.6 Å². The Morgan fingerprint density at radius 3 is 2.14 bits per heavy atom. The van der Waals surface area contributed by atoms with Crippen LogP contribution in [0.3, 0.4) is 0 Å². The van der Waals surface area contributed by atoms with E-state index in [1.807, 2.05) is 72.8 Å². The van der Waals surface area contributed by atoms with E-state index < -0.39 is 18.0 Å². The van der Waals surface area contributed by atoms with Gasteiger partial charge in [-0.25, -0.2) is 4.79 Å². The molecular weight excluding hydrogens is 526 g/mol. The zero-order chi connectivity index (χ0) is 29.4. The number of amides is 1. The first-order chi connectivity index (χ1) is 20.4. The summed E-state index contributed by atoms with van der Waals surface area (Å²) in [5.41, 5.74) is 3.98. The van der Waals surface area contributed by atoms with Crippen LogP contribution in [0.5, 0.6) is 0 Å². The number of anilines is 1. The van der Waals surface area contributed by atoms with E-state index in [1.165, 1.54) is 4.57 Å². The Kier molecular flexibility index (Phi) is 7.08. The van der Waals surface area contributed by atoms with Crippen molar-refractivity contribution in [2.24, 2.45) is 7.05 Å². The highest BCUT2D eigenvalue weighted by atomic mass is 16.5. The van der Waals surface area contributed by atoms with E-state index in [-0.39, 0.29) is 17.7 Å². The number of para-hydroxylation sites is 1. The fraction of sp³-hybridized carbons (Fsp3) is 0.171. The SMILES string of the molecule is CCC(OC(=O)c1c(-c2ccccc2)c2ccccc2c(=O)n1C)C(=O)Nc1ccc2c(c1)c1ccccc1n2CC. The number of carbonyl (C=O) groups is 2. The Labute approximate surface area is 243 Å².